The number of aryl methyl sites for hydroxylation is 1. The summed E-state index contributed by atoms with van der Waals surface area (Å²) in [6, 6.07) is -0.0202. The zero-order chi connectivity index (χ0) is 13.4. The van der Waals surface area contributed by atoms with Crippen LogP contribution in [0.2, 0.25) is 0 Å². The highest BCUT2D eigenvalue weighted by molar-refractivity contribution is 9.10. The predicted molar refractivity (Wildman–Crippen MR) is 72.6 cm³/mol. The molecule has 0 N–H and O–H groups in total. The maximum absolute atomic E-state index is 12.0. The highest BCUT2D eigenvalue weighted by Gasteiger charge is 2.25. The van der Waals surface area contributed by atoms with E-state index in [1.54, 1.807) is 41.7 Å². The molecule has 2 amide bonds. The van der Waals surface area contributed by atoms with Gasteiger partial charge >= 0.3 is 6.03 Å². The van der Waals surface area contributed by atoms with Gasteiger partial charge in [0.25, 0.3) is 5.56 Å². The Morgan fingerprint density at radius 3 is 2.67 bits per heavy atom. The first-order valence-corrected chi connectivity index (χ1v) is 6.54. The van der Waals surface area contributed by atoms with Gasteiger partial charge in [0.05, 0.1) is 0 Å². The van der Waals surface area contributed by atoms with Crippen molar-refractivity contribution in [3.63, 3.8) is 0 Å². The molecular formula is C12H16BrN3O2. The summed E-state index contributed by atoms with van der Waals surface area (Å²) in [4.78, 5) is 27.2. The largest absolute Gasteiger partial charge is 0.331 e. The van der Waals surface area contributed by atoms with Crippen LogP contribution in [0.4, 0.5) is 4.79 Å². The minimum Gasteiger partial charge on any atom is -0.331 e. The fourth-order valence-electron chi connectivity index (χ4n) is 2.18. The van der Waals surface area contributed by atoms with Gasteiger partial charge in [0.1, 0.15) is 0 Å². The van der Waals surface area contributed by atoms with Crippen molar-refractivity contribution in [2.45, 2.75) is 13.0 Å². The van der Waals surface area contributed by atoms with Crippen molar-refractivity contribution in [3.8, 4) is 0 Å². The van der Waals surface area contributed by atoms with Gasteiger partial charge in [-0.25, -0.2) is 4.79 Å². The van der Waals surface area contributed by atoms with Crippen LogP contribution in [0.5, 0.6) is 0 Å². The smallest absolute Gasteiger partial charge is 0.319 e. The van der Waals surface area contributed by atoms with E-state index >= 15 is 0 Å². The number of carbonyl (C=O) groups excluding carboxylic acids is 1. The molecule has 6 heteroatoms. The molecule has 0 saturated carbocycles. The Morgan fingerprint density at radius 1 is 1.39 bits per heavy atom. The molecule has 98 valence electrons. The minimum atomic E-state index is -0.0202. The molecular weight excluding hydrogens is 298 g/mol. The summed E-state index contributed by atoms with van der Waals surface area (Å²) < 4.78 is 2.46. The maximum Gasteiger partial charge on any atom is 0.319 e. The summed E-state index contributed by atoms with van der Waals surface area (Å²) in [6.07, 6.45) is 2.37. The van der Waals surface area contributed by atoms with E-state index in [1.807, 2.05) is 0 Å². The molecule has 0 unspecified atom stereocenters. The second kappa shape index (κ2) is 4.76. The Bertz CT molecular complexity index is 551. The molecule has 0 saturated heterocycles. The van der Waals surface area contributed by atoms with Gasteiger partial charge in [-0.15, -0.1) is 0 Å². The van der Waals surface area contributed by atoms with Gasteiger partial charge < -0.3 is 14.4 Å². The fourth-order valence-corrected chi connectivity index (χ4v) is 2.86. The molecule has 2 heterocycles. The van der Waals surface area contributed by atoms with E-state index < -0.39 is 0 Å². The van der Waals surface area contributed by atoms with Crippen LogP contribution < -0.4 is 5.56 Å². The van der Waals surface area contributed by atoms with Gasteiger partial charge in [0, 0.05) is 50.5 Å². The van der Waals surface area contributed by atoms with E-state index in [9.17, 15) is 9.59 Å². The molecule has 18 heavy (non-hydrogen) atoms. The van der Waals surface area contributed by atoms with Crippen LogP contribution in [-0.2, 0) is 20.0 Å². The van der Waals surface area contributed by atoms with Gasteiger partial charge in [-0.1, -0.05) is 0 Å². The fraction of sp³-hybridized carbons (Fsp3) is 0.500. The highest BCUT2D eigenvalue weighted by atomic mass is 79.9. The van der Waals surface area contributed by atoms with Gasteiger partial charge in [-0.3, -0.25) is 4.79 Å². The van der Waals surface area contributed by atoms with Crippen LogP contribution in [-0.4, -0.2) is 41.0 Å². The van der Waals surface area contributed by atoms with Crippen molar-refractivity contribution in [3.05, 3.63) is 32.2 Å². The number of nitrogens with zero attached hydrogens (tertiary/aromatic N) is 3. The van der Waals surface area contributed by atoms with Crippen LogP contribution >= 0.6 is 15.9 Å². The van der Waals surface area contributed by atoms with Crippen molar-refractivity contribution < 1.29 is 4.79 Å². The van der Waals surface area contributed by atoms with Crippen molar-refractivity contribution in [2.75, 3.05) is 20.6 Å². The van der Waals surface area contributed by atoms with Crippen LogP contribution in [0.3, 0.4) is 0 Å². The van der Waals surface area contributed by atoms with E-state index in [0.717, 1.165) is 15.6 Å². The van der Waals surface area contributed by atoms with Crippen LogP contribution in [0, 0.1) is 0 Å². The Kier molecular flexibility index (Phi) is 3.47. The number of hydrogen-bond acceptors (Lipinski definition) is 2. The van der Waals surface area contributed by atoms with Crippen LogP contribution in [0.1, 0.15) is 11.1 Å². The maximum atomic E-state index is 12.0. The first-order chi connectivity index (χ1) is 8.41. The third kappa shape index (κ3) is 2.16. The van der Waals surface area contributed by atoms with Crippen molar-refractivity contribution in [1.82, 2.24) is 14.4 Å². The summed E-state index contributed by atoms with van der Waals surface area (Å²) in [5.41, 5.74) is 1.78. The molecule has 0 aromatic carbocycles. The van der Waals surface area contributed by atoms with Crippen LogP contribution in [0.15, 0.2) is 15.5 Å². The quantitative estimate of drug-likeness (QED) is 0.722. The molecule has 0 atom stereocenters. The van der Waals surface area contributed by atoms with Gasteiger partial charge in [0.15, 0.2) is 0 Å². The first-order valence-electron chi connectivity index (χ1n) is 5.75. The van der Waals surface area contributed by atoms with E-state index in [2.05, 4.69) is 15.9 Å². The van der Waals surface area contributed by atoms with Gasteiger partial charge in [-0.2, -0.15) is 0 Å². The summed E-state index contributed by atoms with van der Waals surface area (Å²) in [5.74, 6) is 0. The molecule has 0 fully saturated rings. The molecule has 5 nitrogen and oxygen atoms in total. The van der Waals surface area contributed by atoms with Gasteiger partial charge in [-0.05, 0) is 27.9 Å². The van der Waals surface area contributed by atoms with Crippen molar-refractivity contribution in [1.29, 1.82) is 0 Å². The average Bonchev–Trinajstić information content (AvgIpc) is 2.34. The van der Waals surface area contributed by atoms with Gasteiger partial charge in [0.2, 0.25) is 0 Å². The molecule has 1 aromatic rings. The third-order valence-corrected chi connectivity index (χ3v) is 3.86. The minimum absolute atomic E-state index is 0.0202. The zero-order valence-corrected chi connectivity index (χ0v) is 12.3. The number of pyridine rings is 1. The Hall–Kier alpha value is -1.30. The van der Waals surface area contributed by atoms with E-state index in [-0.39, 0.29) is 11.6 Å². The summed E-state index contributed by atoms with van der Waals surface area (Å²) in [6.45, 7) is 1.08. The van der Waals surface area contributed by atoms with E-state index in [1.165, 1.54) is 0 Å². The molecule has 1 aromatic heterocycles. The number of amides is 2. The molecule has 1 aliphatic heterocycles. The normalized spacial score (nSPS) is 14.3. The lowest BCUT2D eigenvalue weighted by Crippen LogP contribution is -2.44. The molecule has 0 radical (unpaired) electrons. The average molecular weight is 314 g/mol. The number of aromatic nitrogens is 1. The number of halogens is 1. The molecule has 2 rings (SSSR count). The lowest BCUT2D eigenvalue weighted by molar-refractivity contribution is 0.165. The number of carbonyl (C=O) groups is 1. The second-order valence-corrected chi connectivity index (χ2v) is 5.55. The topological polar surface area (TPSA) is 45.6 Å². The third-order valence-electron chi connectivity index (χ3n) is 3.17. The monoisotopic (exact) mass is 313 g/mol. The van der Waals surface area contributed by atoms with E-state index in [4.69, 9.17) is 0 Å². The number of hydrogen-bond donors (Lipinski definition) is 0. The molecule has 0 spiro atoms. The Labute approximate surface area is 114 Å². The zero-order valence-electron chi connectivity index (χ0n) is 10.7. The first kappa shape index (κ1) is 13.1. The van der Waals surface area contributed by atoms with E-state index in [0.29, 0.717) is 19.5 Å². The van der Waals surface area contributed by atoms with Crippen molar-refractivity contribution in [2.24, 2.45) is 7.05 Å². The summed E-state index contributed by atoms with van der Waals surface area (Å²) in [5, 5.41) is 0. The molecule has 0 bridgehead atoms. The SMILES string of the molecule is CN(C)C(=O)N1CCc2c(c(Br)cn(C)c2=O)C1. The number of fused-ring (bicyclic) bond motifs is 1. The molecule has 1 aliphatic rings. The lowest BCUT2D eigenvalue weighted by Gasteiger charge is -2.31. The lowest BCUT2D eigenvalue weighted by atomic mass is 10.0. The predicted octanol–water partition coefficient (Wildman–Crippen LogP) is 1.19. The highest BCUT2D eigenvalue weighted by Crippen LogP contribution is 2.24. The summed E-state index contributed by atoms with van der Waals surface area (Å²) >= 11 is 3.47. The standard InChI is InChI=1S/C12H16BrN3O2/c1-14(2)12(18)16-5-4-8-9(6-16)10(13)7-15(3)11(8)17/h7H,4-6H2,1-3H3. The molecule has 0 aliphatic carbocycles. The van der Waals surface area contributed by atoms with Crippen molar-refractivity contribution >= 4 is 22.0 Å². The second-order valence-electron chi connectivity index (χ2n) is 4.70. The summed E-state index contributed by atoms with van der Waals surface area (Å²) in [7, 11) is 5.21. The Balaban J connectivity index is 2.39. The Morgan fingerprint density at radius 2 is 2.06 bits per heavy atom. The number of rotatable bonds is 0. The number of urea groups is 1. The van der Waals surface area contributed by atoms with Crippen LogP contribution in [0.25, 0.3) is 0 Å².